The number of nitrogens with zero attached hydrogens (tertiary/aromatic N) is 2. The van der Waals surface area contributed by atoms with Crippen LogP contribution in [0.5, 0.6) is 0 Å². The number of benzene rings is 1. The first-order valence-electron chi connectivity index (χ1n) is 10.1. The van der Waals surface area contributed by atoms with Gasteiger partial charge in [0.15, 0.2) is 0 Å². The van der Waals surface area contributed by atoms with Gasteiger partial charge in [-0.3, -0.25) is 14.2 Å². The quantitative estimate of drug-likeness (QED) is 0.903. The number of hydrogen-bond acceptors (Lipinski definition) is 4. The summed E-state index contributed by atoms with van der Waals surface area (Å²) in [6, 6.07) is 5.17. The number of carbonyl (C=O) groups is 1. The van der Waals surface area contributed by atoms with Gasteiger partial charge in [0, 0.05) is 25.1 Å². The second kappa shape index (κ2) is 7.80. The van der Waals surface area contributed by atoms with Crippen LogP contribution < -0.4 is 10.9 Å². The molecule has 0 radical (unpaired) electrons. The van der Waals surface area contributed by atoms with E-state index in [-0.39, 0.29) is 23.6 Å². The number of rotatable bonds is 3. The second-order valence-corrected chi connectivity index (χ2v) is 7.69. The van der Waals surface area contributed by atoms with Crippen LogP contribution >= 0.6 is 0 Å². The zero-order valence-corrected chi connectivity index (χ0v) is 15.9. The molecule has 2 aliphatic heterocycles. The molecule has 1 N–H and O–H groups in total. The van der Waals surface area contributed by atoms with Gasteiger partial charge in [-0.25, -0.2) is 4.98 Å². The first-order chi connectivity index (χ1) is 13.1. The summed E-state index contributed by atoms with van der Waals surface area (Å²) >= 11 is 0. The monoisotopic (exact) mass is 369 g/mol. The predicted molar refractivity (Wildman–Crippen MR) is 104 cm³/mol. The van der Waals surface area contributed by atoms with E-state index in [1.807, 2.05) is 11.5 Å². The fourth-order valence-electron chi connectivity index (χ4n) is 4.12. The van der Waals surface area contributed by atoms with Crippen LogP contribution in [0.2, 0.25) is 0 Å². The van der Waals surface area contributed by atoms with Crippen molar-refractivity contribution in [2.75, 3.05) is 6.61 Å². The number of ether oxygens (including phenoxy) is 1. The molecule has 0 aliphatic carbocycles. The Bertz CT molecular complexity index is 899. The third-order valence-corrected chi connectivity index (χ3v) is 5.71. The normalized spacial score (nSPS) is 21.3. The highest BCUT2D eigenvalue weighted by atomic mass is 16.5. The Hall–Kier alpha value is -2.21. The lowest BCUT2D eigenvalue weighted by atomic mass is 10.1. The molecule has 2 unspecified atom stereocenters. The van der Waals surface area contributed by atoms with Crippen molar-refractivity contribution >= 4 is 16.8 Å². The molecule has 1 saturated heterocycles. The van der Waals surface area contributed by atoms with Crippen LogP contribution in [0, 0.1) is 0 Å². The number of hydrogen-bond donors (Lipinski definition) is 1. The Kier molecular flexibility index (Phi) is 5.25. The van der Waals surface area contributed by atoms with Crippen molar-refractivity contribution in [1.82, 2.24) is 14.9 Å². The van der Waals surface area contributed by atoms with Gasteiger partial charge in [-0.05, 0) is 50.8 Å². The highest BCUT2D eigenvalue weighted by Crippen LogP contribution is 2.18. The summed E-state index contributed by atoms with van der Waals surface area (Å²) in [6.45, 7) is 3.47. The van der Waals surface area contributed by atoms with Crippen molar-refractivity contribution in [1.29, 1.82) is 0 Å². The van der Waals surface area contributed by atoms with Gasteiger partial charge >= 0.3 is 0 Å². The van der Waals surface area contributed by atoms with Crippen molar-refractivity contribution in [2.24, 2.45) is 0 Å². The SMILES string of the molecule is CC(NC(=O)c1ccc2c(=O)n3c(nc2c1)CCCCCC3)C1CCCO1. The summed E-state index contributed by atoms with van der Waals surface area (Å²) in [5, 5.41) is 3.61. The fourth-order valence-corrected chi connectivity index (χ4v) is 4.12. The first-order valence-corrected chi connectivity index (χ1v) is 10.1. The number of carbonyl (C=O) groups excluding carboxylic acids is 1. The van der Waals surface area contributed by atoms with E-state index < -0.39 is 0 Å². The smallest absolute Gasteiger partial charge is 0.261 e. The molecular formula is C21H27N3O3. The van der Waals surface area contributed by atoms with Gasteiger partial charge in [-0.1, -0.05) is 12.8 Å². The van der Waals surface area contributed by atoms with E-state index in [0.717, 1.165) is 57.5 Å². The van der Waals surface area contributed by atoms with Crippen molar-refractivity contribution in [3.8, 4) is 0 Å². The van der Waals surface area contributed by atoms with E-state index in [2.05, 4.69) is 5.32 Å². The van der Waals surface area contributed by atoms with Gasteiger partial charge in [0.1, 0.15) is 5.82 Å². The van der Waals surface area contributed by atoms with Crippen LogP contribution in [0.4, 0.5) is 0 Å². The lowest BCUT2D eigenvalue weighted by molar-refractivity contribution is 0.0712. The Morgan fingerprint density at radius 1 is 1.26 bits per heavy atom. The van der Waals surface area contributed by atoms with Gasteiger partial charge in [-0.15, -0.1) is 0 Å². The Balaban J connectivity index is 1.62. The Morgan fingerprint density at radius 2 is 2.11 bits per heavy atom. The molecule has 6 heteroatoms. The maximum Gasteiger partial charge on any atom is 0.261 e. The summed E-state index contributed by atoms with van der Waals surface area (Å²) in [5.74, 6) is 0.700. The molecule has 4 rings (SSSR count). The van der Waals surface area contributed by atoms with Crippen molar-refractivity contribution in [3.05, 3.63) is 39.9 Å². The van der Waals surface area contributed by atoms with Gasteiger partial charge < -0.3 is 10.1 Å². The molecule has 0 bridgehead atoms. The third-order valence-electron chi connectivity index (χ3n) is 5.71. The first kappa shape index (κ1) is 18.2. The van der Waals surface area contributed by atoms with Crippen LogP contribution in [-0.4, -0.2) is 34.2 Å². The summed E-state index contributed by atoms with van der Waals surface area (Å²) in [7, 11) is 0. The number of aromatic nitrogens is 2. The molecule has 1 fully saturated rings. The molecule has 2 atom stereocenters. The van der Waals surface area contributed by atoms with Crippen LogP contribution in [-0.2, 0) is 17.7 Å². The van der Waals surface area contributed by atoms with Crippen LogP contribution in [0.1, 0.15) is 61.6 Å². The lowest BCUT2D eigenvalue weighted by Gasteiger charge is -2.20. The van der Waals surface area contributed by atoms with E-state index in [4.69, 9.17) is 9.72 Å². The van der Waals surface area contributed by atoms with E-state index >= 15 is 0 Å². The van der Waals surface area contributed by atoms with Crippen LogP contribution in [0.25, 0.3) is 10.9 Å². The van der Waals surface area contributed by atoms with E-state index in [9.17, 15) is 9.59 Å². The molecule has 1 aromatic heterocycles. The summed E-state index contributed by atoms with van der Waals surface area (Å²) in [6.07, 6.45) is 7.32. The van der Waals surface area contributed by atoms with Gasteiger partial charge in [0.25, 0.3) is 11.5 Å². The molecule has 2 aromatic rings. The highest BCUT2D eigenvalue weighted by Gasteiger charge is 2.24. The third kappa shape index (κ3) is 3.76. The molecule has 0 spiro atoms. The summed E-state index contributed by atoms with van der Waals surface area (Å²) in [5.41, 5.74) is 1.16. The maximum atomic E-state index is 12.9. The standard InChI is InChI=1S/C21H27N3O3/c1-14(18-7-6-12-27-18)22-20(25)15-9-10-16-17(13-15)23-19-8-4-2-3-5-11-24(19)21(16)26/h9-10,13-14,18H,2-8,11-12H2,1H3,(H,22,25). The molecule has 1 aromatic carbocycles. The van der Waals surface area contributed by atoms with Gasteiger partial charge in [0.05, 0.1) is 23.0 Å². The average molecular weight is 369 g/mol. The highest BCUT2D eigenvalue weighted by molar-refractivity contribution is 5.97. The predicted octanol–water partition coefficient (Wildman–Crippen LogP) is 2.81. The summed E-state index contributed by atoms with van der Waals surface area (Å²) in [4.78, 5) is 30.3. The van der Waals surface area contributed by atoms with Crippen molar-refractivity contribution in [3.63, 3.8) is 0 Å². The molecule has 144 valence electrons. The minimum atomic E-state index is -0.145. The van der Waals surface area contributed by atoms with E-state index in [1.54, 1.807) is 18.2 Å². The molecule has 27 heavy (non-hydrogen) atoms. The number of amides is 1. The Morgan fingerprint density at radius 3 is 2.93 bits per heavy atom. The van der Waals surface area contributed by atoms with Gasteiger partial charge in [0.2, 0.25) is 0 Å². The number of nitrogens with one attached hydrogen (secondary N) is 1. The second-order valence-electron chi connectivity index (χ2n) is 7.69. The topological polar surface area (TPSA) is 73.2 Å². The molecule has 0 saturated carbocycles. The minimum Gasteiger partial charge on any atom is -0.376 e. The zero-order valence-electron chi connectivity index (χ0n) is 15.9. The van der Waals surface area contributed by atoms with Gasteiger partial charge in [-0.2, -0.15) is 0 Å². The van der Waals surface area contributed by atoms with Crippen LogP contribution in [0.3, 0.4) is 0 Å². The molecular weight excluding hydrogens is 342 g/mol. The maximum absolute atomic E-state index is 12.9. The summed E-state index contributed by atoms with van der Waals surface area (Å²) < 4.78 is 7.47. The van der Waals surface area contributed by atoms with Crippen molar-refractivity contribution < 1.29 is 9.53 Å². The molecule has 6 nitrogen and oxygen atoms in total. The van der Waals surface area contributed by atoms with Crippen molar-refractivity contribution in [2.45, 2.75) is 70.6 Å². The lowest BCUT2D eigenvalue weighted by Crippen LogP contribution is -2.40. The number of fused-ring (bicyclic) bond motifs is 2. The Labute approximate surface area is 158 Å². The number of aryl methyl sites for hydroxylation is 1. The zero-order chi connectivity index (χ0) is 18.8. The fraction of sp³-hybridized carbons (Fsp3) is 0.571. The molecule has 2 aliphatic rings. The van der Waals surface area contributed by atoms with Crippen LogP contribution in [0.15, 0.2) is 23.0 Å². The van der Waals surface area contributed by atoms with E-state index in [1.165, 1.54) is 6.42 Å². The molecule has 1 amide bonds. The average Bonchev–Trinajstić information content (AvgIpc) is 3.18. The molecule has 3 heterocycles. The van der Waals surface area contributed by atoms with E-state index in [0.29, 0.717) is 16.5 Å². The largest absolute Gasteiger partial charge is 0.376 e. The minimum absolute atomic E-state index is 0.0107.